The summed E-state index contributed by atoms with van der Waals surface area (Å²) in [7, 11) is 0. The van der Waals surface area contributed by atoms with Crippen molar-refractivity contribution in [1.82, 2.24) is 0 Å². The van der Waals surface area contributed by atoms with E-state index in [4.69, 9.17) is 14.2 Å². The van der Waals surface area contributed by atoms with Crippen LogP contribution in [0.4, 0.5) is 4.39 Å². The number of rotatable bonds is 10. The lowest BCUT2D eigenvalue weighted by molar-refractivity contribution is -0.195. The molecule has 0 aromatic carbocycles. The summed E-state index contributed by atoms with van der Waals surface area (Å²) in [6.45, 7) is 4.34. The second-order valence-electron chi connectivity index (χ2n) is 7.74. The zero-order valence-electron chi connectivity index (χ0n) is 16.5. The summed E-state index contributed by atoms with van der Waals surface area (Å²) >= 11 is 0. The highest BCUT2D eigenvalue weighted by Gasteiger charge is 2.44. The van der Waals surface area contributed by atoms with E-state index in [1.807, 2.05) is 26.0 Å². The van der Waals surface area contributed by atoms with Crippen LogP contribution in [0.15, 0.2) is 12.2 Å². The highest BCUT2D eigenvalue weighted by Crippen LogP contribution is 2.39. The SMILES string of the molecule is CC(C)OC(=O)CCCC=CC[C@@H]1[C@@H](C=O)[C@@H](F)C[C@@H]1OC1CCCCO1. The van der Waals surface area contributed by atoms with Crippen molar-refractivity contribution < 1.29 is 28.2 Å². The van der Waals surface area contributed by atoms with E-state index < -0.39 is 12.1 Å². The third-order valence-electron chi connectivity index (χ3n) is 5.16. The topological polar surface area (TPSA) is 61.8 Å². The van der Waals surface area contributed by atoms with E-state index in [1.54, 1.807) is 0 Å². The van der Waals surface area contributed by atoms with Crippen LogP contribution in [0.3, 0.4) is 0 Å². The van der Waals surface area contributed by atoms with Crippen molar-refractivity contribution in [1.29, 1.82) is 0 Å². The van der Waals surface area contributed by atoms with Crippen LogP contribution in [-0.2, 0) is 23.8 Å². The molecule has 0 radical (unpaired) electrons. The third-order valence-corrected chi connectivity index (χ3v) is 5.16. The second kappa shape index (κ2) is 11.5. The van der Waals surface area contributed by atoms with Gasteiger partial charge in [0.1, 0.15) is 12.5 Å². The van der Waals surface area contributed by atoms with Crippen LogP contribution in [0.1, 0.15) is 65.2 Å². The van der Waals surface area contributed by atoms with Gasteiger partial charge in [-0.2, -0.15) is 0 Å². The number of carbonyl (C=O) groups excluding carboxylic acids is 2. The Balaban J connectivity index is 1.77. The molecule has 154 valence electrons. The molecule has 1 saturated carbocycles. The molecule has 0 N–H and O–H groups in total. The van der Waals surface area contributed by atoms with E-state index in [0.29, 0.717) is 25.9 Å². The highest BCUT2D eigenvalue weighted by molar-refractivity contribution is 5.69. The smallest absolute Gasteiger partial charge is 0.306 e. The van der Waals surface area contributed by atoms with E-state index in [1.165, 1.54) is 0 Å². The molecule has 1 aliphatic carbocycles. The summed E-state index contributed by atoms with van der Waals surface area (Å²) < 4.78 is 30.9. The minimum atomic E-state index is -1.15. The zero-order chi connectivity index (χ0) is 19.6. The fraction of sp³-hybridized carbons (Fsp3) is 0.810. The fourth-order valence-electron chi connectivity index (χ4n) is 3.79. The van der Waals surface area contributed by atoms with Crippen molar-refractivity contribution in [2.75, 3.05) is 6.61 Å². The van der Waals surface area contributed by atoms with Gasteiger partial charge in [-0.1, -0.05) is 12.2 Å². The lowest BCUT2D eigenvalue weighted by Gasteiger charge is -2.29. The molecule has 5 atom stereocenters. The predicted molar refractivity (Wildman–Crippen MR) is 99.9 cm³/mol. The highest BCUT2D eigenvalue weighted by atomic mass is 19.1. The van der Waals surface area contributed by atoms with Crippen molar-refractivity contribution in [3.8, 4) is 0 Å². The van der Waals surface area contributed by atoms with Gasteiger partial charge in [-0.3, -0.25) is 4.79 Å². The van der Waals surface area contributed by atoms with Crippen molar-refractivity contribution in [3.05, 3.63) is 12.2 Å². The Labute approximate surface area is 161 Å². The predicted octanol–water partition coefficient (Wildman–Crippen LogP) is 4.14. The van der Waals surface area contributed by atoms with Gasteiger partial charge < -0.3 is 19.0 Å². The molecule has 0 spiro atoms. The summed E-state index contributed by atoms with van der Waals surface area (Å²) in [5.41, 5.74) is 0. The number of hydrogen-bond acceptors (Lipinski definition) is 5. The quantitative estimate of drug-likeness (QED) is 0.245. The summed E-state index contributed by atoms with van der Waals surface area (Å²) in [5.74, 6) is -0.967. The van der Waals surface area contributed by atoms with E-state index >= 15 is 0 Å². The Morgan fingerprint density at radius 2 is 2.11 bits per heavy atom. The molecule has 0 amide bonds. The van der Waals surface area contributed by atoms with Gasteiger partial charge in [0.05, 0.1) is 18.1 Å². The molecule has 1 heterocycles. The summed E-state index contributed by atoms with van der Waals surface area (Å²) in [6.07, 6.45) is 8.51. The number of hydrogen-bond donors (Lipinski definition) is 0. The van der Waals surface area contributed by atoms with Crippen LogP contribution in [0.25, 0.3) is 0 Å². The monoisotopic (exact) mass is 384 g/mol. The molecule has 6 heteroatoms. The lowest BCUT2D eigenvalue weighted by Crippen LogP contribution is -2.31. The Morgan fingerprint density at radius 3 is 2.78 bits per heavy atom. The molecule has 2 fully saturated rings. The van der Waals surface area contributed by atoms with Crippen LogP contribution in [-0.4, -0.2) is 43.5 Å². The summed E-state index contributed by atoms with van der Waals surface area (Å²) in [6, 6.07) is 0. The normalized spacial score (nSPS) is 31.5. The van der Waals surface area contributed by atoms with Crippen LogP contribution < -0.4 is 0 Å². The first-order valence-corrected chi connectivity index (χ1v) is 10.2. The van der Waals surface area contributed by atoms with Gasteiger partial charge in [-0.05, 0) is 52.4 Å². The number of halogens is 1. The fourth-order valence-corrected chi connectivity index (χ4v) is 3.79. The third kappa shape index (κ3) is 7.34. The number of alkyl halides is 1. The Hall–Kier alpha value is -1.27. The summed E-state index contributed by atoms with van der Waals surface area (Å²) in [5, 5.41) is 0. The number of ether oxygens (including phenoxy) is 3. The Bertz CT molecular complexity index is 487. The van der Waals surface area contributed by atoms with Gasteiger partial charge in [0.25, 0.3) is 0 Å². The van der Waals surface area contributed by atoms with E-state index in [9.17, 15) is 14.0 Å². The first-order chi connectivity index (χ1) is 13.0. The average Bonchev–Trinajstić information content (AvgIpc) is 2.92. The lowest BCUT2D eigenvalue weighted by atomic mass is 9.91. The summed E-state index contributed by atoms with van der Waals surface area (Å²) in [4.78, 5) is 22.9. The van der Waals surface area contributed by atoms with Crippen LogP contribution in [0, 0.1) is 11.8 Å². The van der Waals surface area contributed by atoms with E-state index in [0.717, 1.165) is 32.0 Å². The molecule has 1 unspecified atom stereocenters. The van der Waals surface area contributed by atoms with Crippen LogP contribution in [0.5, 0.6) is 0 Å². The molecule has 1 aliphatic heterocycles. The number of esters is 1. The van der Waals surface area contributed by atoms with Gasteiger partial charge >= 0.3 is 5.97 Å². The van der Waals surface area contributed by atoms with Gasteiger partial charge in [-0.25, -0.2) is 4.39 Å². The maximum Gasteiger partial charge on any atom is 0.306 e. The second-order valence-corrected chi connectivity index (χ2v) is 7.74. The van der Waals surface area contributed by atoms with Crippen molar-refractivity contribution in [2.45, 2.75) is 89.9 Å². The maximum absolute atomic E-state index is 14.2. The minimum Gasteiger partial charge on any atom is -0.463 e. The van der Waals surface area contributed by atoms with E-state index in [2.05, 4.69) is 0 Å². The minimum absolute atomic E-state index is 0.0885. The molecule has 2 rings (SSSR count). The van der Waals surface area contributed by atoms with Crippen LogP contribution >= 0.6 is 0 Å². The van der Waals surface area contributed by atoms with Crippen molar-refractivity contribution in [3.63, 3.8) is 0 Å². The van der Waals surface area contributed by atoms with Crippen LogP contribution in [0.2, 0.25) is 0 Å². The molecule has 5 nitrogen and oxygen atoms in total. The Morgan fingerprint density at radius 1 is 1.30 bits per heavy atom. The molecule has 1 saturated heterocycles. The number of unbranched alkanes of at least 4 members (excludes halogenated alkanes) is 1. The maximum atomic E-state index is 14.2. The van der Waals surface area contributed by atoms with Crippen molar-refractivity contribution >= 4 is 12.3 Å². The Kier molecular flexibility index (Phi) is 9.42. The number of aldehydes is 1. The molecule has 0 aromatic rings. The molecule has 2 aliphatic rings. The molecule has 0 bridgehead atoms. The first-order valence-electron chi connectivity index (χ1n) is 10.2. The first kappa shape index (κ1) is 22.0. The van der Waals surface area contributed by atoms with Gasteiger partial charge in [0.2, 0.25) is 0 Å². The average molecular weight is 384 g/mol. The molecular formula is C21H33FO5. The zero-order valence-corrected chi connectivity index (χ0v) is 16.5. The molecular weight excluding hydrogens is 351 g/mol. The molecule has 27 heavy (non-hydrogen) atoms. The van der Waals surface area contributed by atoms with Crippen molar-refractivity contribution in [2.24, 2.45) is 11.8 Å². The van der Waals surface area contributed by atoms with E-state index in [-0.39, 0.29) is 36.8 Å². The largest absolute Gasteiger partial charge is 0.463 e. The number of allylic oxidation sites excluding steroid dienone is 2. The molecule has 0 aromatic heterocycles. The van der Waals surface area contributed by atoms with Gasteiger partial charge in [0, 0.05) is 25.4 Å². The van der Waals surface area contributed by atoms with Gasteiger partial charge in [-0.15, -0.1) is 0 Å². The standard InChI is InChI=1S/C21H33FO5/c1-15(2)26-20(24)10-6-4-3-5-9-16-17(14-23)18(22)13-19(16)27-21-11-7-8-12-25-21/h3,5,14-19,21H,4,6-13H2,1-2H3/t16-,17-,18+,19+,21?/m1/s1. The number of carbonyl (C=O) groups is 2. The van der Waals surface area contributed by atoms with Gasteiger partial charge in [0.15, 0.2) is 6.29 Å².